The molecular weight excluding hydrogens is 427 g/mol. The van der Waals surface area contributed by atoms with E-state index in [-0.39, 0.29) is 24.0 Å². The summed E-state index contributed by atoms with van der Waals surface area (Å²) in [6, 6.07) is 10.7. The first-order chi connectivity index (χ1) is 11.7. The number of guanidine groups is 1. The highest BCUT2D eigenvalue weighted by molar-refractivity contribution is 14.0. The zero-order valence-electron chi connectivity index (χ0n) is 15.2. The molecule has 1 aliphatic heterocycles. The van der Waals surface area contributed by atoms with E-state index in [1.165, 1.54) is 5.56 Å². The molecule has 2 fully saturated rings. The van der Waals surface area contributed by atoms with Gasteiger partial charge in [-0.05, 0) is 31.7 Å². The number of nitrogens with one attached hydrogen (secondary N) is 1. The molecule has 1 saturated heterocycles. The van der Waals surface area contributed by atoms with Gasteiger partial charge in [-0.25, -0.2) is 0 Å². The molecule has 0 amide bonds. The van der Waals surface area contributed by atoms with E-state index < -0.39 is 5.60 Å². The molecule has 1 aromatic carbocycles. The zero-order valence-corrected chi connectivity index (χ0v) is 17.5. The van der Waals surface area contributed by atoms with E-state index in [2.05, 4.69) is 52.4 Å². The van der Waals surface area contributed by atoms with Crippen LogP contribution in [0, 0.1) is 0 Å². The lowest BCUT2D eigenvalue weighted by molar-refractivity contribution is -0.0238. The van der Waals surface area contributed by atoms with Gasteiger partial charge in [0.05, 0.1) is 12.1 Å². The first kappa shape index (κ1) is 20.5. The number of hydrogen-bond acceptors (Lipinski definition) is 3. The maximum absolute atomic E-state index is 10.3. The lowest BCUT2D eigenvalue weighted by Gasteiger charge is -2.38. The molecule has 2 N–H and O–H groups in total. The highest BCUT2D eigenvalue weighted by Gasteiger charge is 2.34. The number of nitrogens with zero attached hydrogens (tertiary/aromatic N) is 3. The van der Waals surface area contributed by atoms with Gasteiger partial charge in [0, 0.05) is 39.3 Å². The Labute approximate surface area is 168 Å². The van der Waals surface area contributed by atoms with Gasteiger partial charge in [0.1, 0.15) is 0 Å². The number of rotatable bonds is 5. The van der Waals surface area contributed by atoms with Gasteiger partial charge in [-0.2, -0.15) is 0 Å². The highest BCUT2D eigenvalue weighted by Crippen LogP contribution is 2.31. The molecule has 2 aliphatic rings. The molecule has 0 radical (unpaired) electrons. The summed E-state index contributed by atoms with van der Waals surface area (Å²) in [5.41, 5.74) is 0.828. The van der Waals surface area contributed by atoms with Crippen LogP contribution >= 0.6 is 24.0 Å². The van der Waals surface area contributed by atoms with Crippen LogP contribution in [0.5, 0.6) is 0 Å². The van der Waals surface area contributed by atoms with Crippen molar-refractivity contribution >= 4 is 29.9 Å². The molecule has 25 heavy (non-hydrogen) atoms. The molecule has 0 aromatic heterocycles. The second kappa shape index (κ2) is 9.73. The highest BCUT2D eigenvalue weighted by atomic mass is 127. The van der Waals surface area contributed by atoms with Crippen molar-refractivity contribution in [1.82, 2.24) is 15.1 Å². The summed E-state index contributed by atoms with van der Waals surface area (Å²) in [6.45, 7) is 8.56. The van der Waals surface area contributed by atoms with E-state index in [4.69, 9.17) is 4.99 Å². The van der Waals surface area contributed by atoms with Crippen LogP contribution in [0.1, 0.15) is 31.7 Å². The van der Waals surface area contributed by atoms with Crippen molar-refractivity contribution in [3.8, 4) is 0 Å². The minimum absolute atomic E-state index is 0. The van der Waals surface area contributed by atoms with E-state index in [0.717, 1.165) is 64.5 Å². The van der Waals surface area contributed by atoms with Gasteiger partial charge >= 0.3 is 0 Å². The second-order valence-corrected chi connectivity index (χ2v) is 7.00. The molecule has 6 heteroatoms. The van der Waals surface area contributed by atoms with Crippen molar-refractivity contribution in [3.05, 3.63) is 35.9 Å². The normalized spacial score (nSPS) is 20.6. The molecule has 0 spiro atoms. The van der Waals surface area contributed by atoms with E-state index in [0.29, 0.717) is 6.54 Å². The summed E-state index contributed by atoms with van der Waals surface area (Å²) in [5, 5.41) is 13.7. The number of aliphatic imine (C=N–C) groups is 1. The molecule has 0 atom stereocenters. The standard InChI is InChI=1S/C19H30N4O.HI/c1-2-20-18(21-16-19(24)9-6-10-19)23-13-11-22(12-14-23)15-17-7-4-3-5-8-17;/h3-5,7-8,24H,2,6,9-16H2,1H3,(H,20,21);1H. The van der Waals surface area contributed by atoms with Crippen LogP contribution in [0.15, 0.2) is 35.3 Å². The largest absolute Gasteiger partial charge is 0.388 e. The second-order valence-electron chi connectivity index (χ2n) is 7.00. The SMILES string of the molecule is CCNC(=NCC1(O)CCC1)N1CCN(Cc2ccccc2)CC1.I. The summed E-state index contributed by atoms with van der Waals surface area (Å²) in [4.78, 5) is 9.52. The van der Waals surface area contributed by atoms with Gasteiger partial charge in [-0.1, -0.05) is 30.3 Å². The van der Waals surface area contributed by atoms with Gasteiger partial charge in [0.2, 0.25) is 0 Å². The van der Waals surface area contributed by atoms with E-state index in [9.17, 15) is 5.11 Å². The first-order valence-electron chi connectivity index (χ1n) is 9.20. The monoisotopic (exact) mass is 458 g/mol. The summed E-state index contributed by atoms with van der Waals surface area (Å²) >= 11 is 0. The summed E-state index contributed by atoms with van der Waals surface area (Å²) < 4.78 is 0. The van der Waals surface area contributed by atoms with Crippen LogP contribution in [0.4, 0.5) is 0 Å². The van der Waals surface area contributed by atoms with Gasteiger partial charge in [-0.15, -0.1) is 24.0 Å². The van der Waals surface area contributed by atoms with Crippen molar-refractivity contribution < 1.29 is 5.11 Å². The Bertz CT molecular complexity index is 540. The maximum atomic E-state index is 10.3. The molecule has 3 rings (SSSR count). The van der Waals surface area contributed by atoms with Crippen LogP contribution in [0.3, 0.4) is 0 Å². The minimum Gasteiger partial charge on any atom is -0.388 e. The van der Waals surface area contributed by atoms with Crippen LogP contribution in [0.2, 0.25) is 0 Å². The third kappa shape index (κ3) is 5.82. The number of aliphatic hydroxyl groups is 1. The van der Waals surface area contributed by atoms with Crippen LogP contribution < -0.4 is 5.32 Å². The van der Waals surface area contributed by atoms with Crippen molar-refractivity contribution in [1.29, 1.82) is 0 Å². The van der Waals surface area contributed by atoms with Crippen molar-refractivity contribution in [2.75, 3.05) is 39.3 Å². The Hall–Kier alpha value is -0.860. The number of halogens is 1. The Kier molecular flexibility index (Phi) is 7.96. The fourth-order valence-corrected chi connectivity index (χ4v) is 3.35. The third-order valence-electron chi connectivity index (χ3n) is 5.06. The minimum atomic E-state index is -0.546. The van der Waals surface area contributed by atoms with Crippen molar-refractivity contribution in [2.24, 2.45) is 4.99 Å². The van der Waals surface area contributed by atoms with Crippen molar-refractivity contribution in [2.45, 2.75) is 38.3 Å². The first-order valence-corrected chi connectivity index (χ1v) is 9.20. The quantitative estimate of drug-likeness (QED) is 0.404. The predicted molar refractivity (Wildman–Crippen MR) is 113 cm³/mol. The average molecular weight is 458 g/mol. The molecule has 0 unspecified atom stereocenters. The molecule has 1 aromatic rings. The molecular formula is C19H31IN4O. The van der Waals surface area contributed by atoms with Crippen molar-refractivity contribution in [3.63, 3.8) is 0 Å². The molecule has 1 heterocycles. The maximum Gasteiger partial charge on any atom is 0.194 e. The zero-order chi connectivity index (χ0) is 16.8. The molecule has 5 nitrogen and oxygen atoms in total. The summed E-state index contributed by atoms with van der Waals surface area (Å²) in [5.74, 6) is 0.956. The van der Waals surface area contributed by atoms with Crippen LogP contribution in [0.25, 0.3) is 0 Å². The molecule has 1 aliphatic carbocycles. The molecule has 0 bridgehead atoms. The summed E-state index contributed by atoms with van der Waals surface area (Å²) in [6.07, 6.45) is 2.90. The van der Waals surface area contributed by atoms with Crippen LogP contribution in [-0.2, 0) is 6.54 Å². The van der Waals surface area contributed by atoms with Crippen LogP contribution in [-0.4, -0.2) is 65.7 Å². The van der Waals surface area contributed by atoms with Gasteiger partial charge in [0.25, 0.3) is 0 Å². The fraction of sp³-hybridized carbons (Fsp3) is 0.632. The molecule has 1 saturated carbocycles. The number of piperazine rings is 1. The number of benzene rings is 1. The Morgan fingerprint density at radius 2 is 1.84 bits per heavy atom. The predicted octanol–water partition coefficient (Wildman–Crippen LogP) is 2.30. The average Bonchev–Trinajstić information content (AvgIpc) is 2.59. The Morgan fingerprint density at radius 1 is 1.16 bits per heavy atom. The van der Waals surface area contributed by atoms with Gasteiger partial charge in [-0.3, -0.25) is 9.89 Å². The summed E-state index contributed by atoms with van der Waals surface area (Å²) in [7, 11) is 0. The fourth-order valence-electron chi connectivity index (χ4n) is 3.35. The smallest absolute Gasteiger partial charge is 0.194 e. The Morgan fingerprint density at radius 3 is 2.40 bits per heavy atom. The topological polar surface area (TPSA) is 51.1 Å². The van der Waals surface area contributed by atoms with E-state index >= 15 is 0 Å². The molecule has 140 valence electrons. The lowest BCUT2D eigenvalue weighted by atomic mass is 9.80. The lowest BCUT2D eigenvalue weighted by Crippen LogP contribution is -2.52. The van der Waals surface area contributed by atoms with E-state index in [1.54, 1.807) is 0 Å². The number of hydrogen-bond donors (Lipinski definition) is 2. The third-order valence-corrected chi connectivity index (χ3v) is 5.06. The Balaban J connectivity index is 0.00000225. The van der Waals surface area contributed by atoms with E-state index in [1.807, 2.05) is 0 Å². The van der Waals surface area contributed by atoms with Gasteiger partial charge < -0.3 is 15.3 Å². The van der Waals surface area contributed by atoms with Gasteiger partial charge in [0.15, 0.2) is 5.96 Å².